The first-order valence-corrected chi connectivity index (χ1v) is 10.0. The van der Waals surface area contributed by atoms with Crippen LogP contribution in [-0.2, 0) is 0 Å². The van der Waals surface area contributed by atoms with Crippen LogP contribution in [0.3, 0.4) is 0 Å². The van der Waals surface area contributed by atoms with Crippen molar-refractivity contribution in [3.63, 3.8) is 0 Å². The van der Waals surface area contributed by atoms with E-state index in [-0.39, 0.29) is 5.91 Å². The van der Waals surface area contributed by atoms with Crippen LogP contribution in [0.25, 0.3) is 5.57 Å². The van der Waals surface area contributed by atoms with Crippen molar-refractivity contribution in [2.75, 3.05) is 49.5 Å². The van der Waals surface area contributed by atoms with Gasteiger partial charge in [-0.1, -0.05) is 18.2 Å². The smallest absolute Gasteiger partial charge is 0.265 e. The van der Waals surface area contributed by atoms with Crippen molar-refractivity contribution in [2.24, 2.45) is 0 Å². The van der Waals surface area contributed by atoms with Crippen molar-refractivity contribution in [1.29, 1.82) is 0 Å². The predicted octanol–water partition coefficient (Wildman–Crippen LogP) is 2.79. The van der Waals surface area contributed by atoms with Crippen molar-refractivity contribution in [2.45, 2.75) is 6.42 Å². The number of carbonyl (C=O) groups excluding carboxylic acids is 1. The standard InChI is InChI=1S/C20H24N4OS/c25-20(19-13-18(14-26-19)24-11-9-22-10-12-24)23-17-3-1-15(2-4-17)16-5-7-21-8-6-16/h1-5,13-14,21-22H,6-12H2,(H,23,25). The molecule has 0 bridgehead atoms. The molecular formula is C20H24N4OS. The van der Waals surface area contributed by atoms with E-state index in [1.807, 2.05) is 18.2 Å². The highest BCUT2D eigenvalue weighted by molar-refractivity contribution is 7.12. The van der Waals surface area contributed by atoms with Gasteiger partial charge in [0.1, 0.15) is 0 Å². The van der Waals surface area contributed by atoms with Crippen LogP contribution < -0.4 is 20.9 Å². The normalized spacial score (nSPS) is 17.7. The molecule has 2 aliphatic heterocycles. The summed E-state index contributed by atoms with van der Waals surface area (Å²) in [5.41, 5.74) is 4.60. The molecule has 0 atom stereocenters. The number of anilines is 2. The summed E-state index contributed by atoms with van der Waals surface area (Å²) in [6, 6.07) is 10.2. The van der Waals surface area contributed by atoms with Crippen LogP contribution in [0.15, 0.2) is 41.8 Å². The summed E-state index contributed by atoms with van der Waals surface area (Å²) in [5.74, 6) is -0.0368. The molecule has 1 aromatic heterocycles. The zero-order chi connectivity index (χ0) is 17.8. The molecule has 0 saturated carbocycles. The SMILES string of the molecule is O=C(Nc1ccc(C2=CCNCC2)cc1)c1cc(N2CCNCC2)cs1. The number of thiophene rings is 1. The van der Waals surface area contributed by atoms with E-state index in [4.69, 9.17) is 0 Å². The van der Waals surface area contributed by atoms with Crippen molar-refractivity contribution < 1.29 is 4.79 Å². The van der Waals surface area contributed by atoms with Crippen LogP contribution in [0, 0.1) is 0 Å². The molecule has 5 nitrogen and oxygen atoms in total. The van der Waals surface area contributed by atoms with Crippen LogP contribution in [-0.4, -0.2) is 45.2 Å². The average Bonchev–Trinajstić information content (AvgIpc) is 3.20. The molecule has 0 aliphatic carbocycles. The molecule has 1 fully saturated rings. The Morgan fingerprint density at radius 3 is 2.62 bits per heavy atom. The zero-order valence-corrected chi connectivity index (χ0v) is 15.6. The van der Waals surface area contributed by atoms with Gasteiger partial charge < -0.3 is 20.9 Å². The first-order chi connectivity index (χ1) is 12.8. The minimum Gasteiger partial charge on any atom is -0.368 e. The Morgan fingerprint density at radius 2 is 1.88 bits per heavy atom. The molecule has 1 amide bonds. The fourth-order valence-corrected chi connectivity index (χ4v) is 4.19. The summed E-state index contributed by atoms with van der Waals surface area (Å²) in [5, 5.41) is 11.8. The Kier molecular flexibility index (Phi) is 5.34. The highest BCUT2D eigenvalue weighted by Crippen LogP contribution is 2.25. The van der Waals surface area contributed by atoms with Gasteiger partial charge in [0, 0.05) is 49.5 Å². The highest BCUT2D eigenvalue weighted by atomic mass is 32.1. The van der Waals surface area contributed by atoms with E-state index in [2.05, 4.69) is 44.4 Å². The maximum Gasteiger partial charge on any atom is 0.265 e. The zero-order valence-electron chi connectivity index (χ0n) is 14.8. The molecule has 3 N–H and O–H groups in total. The average molecular weight is 369 g/mol. The molecule has 136 valence electrons. The summed E-state index contributed by atoms with van der Waals surface area (Å²) >= 11 is 1.51. The number of amides is 1. The second kappa shape index (κ2) is 8.03. The van der Waals surface area contributed by atoms with Gasteiger partial charge in [-0.15, -0.1) is 11.3 Å². The van der Waals surface area contributed by atoms with Crippen LogP contribution in [0.4, 0.5) is 11.4 Å². The molecule has 2 aromatic rings. The Bertz CT molecular complexity index is 790. The van der Waals surface area contributed by atoms with Crippen LogP contribution in [0.5, 0.6) is 0 Å². The summed E-state index contributed by atoms with van der Waals surface area (Å²) in [4.78, 5) is 15.6. The lowest BCUT2D eigenvalue weighted by molar-refractivity contribution is 0.103. The third kappa shape index (κ3) is 3.98. The summed E-state index contributed by atoms with van der Waals surface area (Å²) in [7, 11) is 0. The molecule has 26 heavy (non-hydrogen) atoms. The van der Waals surface area contributed by atoms with E-state index in [0.29, 0.717) is 0 Å². The Labute approximate surface area is 158 Å². The third-order valence-electron chi connectivity index (χ3n) is 4.87. The van der Waals surface area contributed by atoms with E-state index in [9.17, 15) is 4.79 Å². The van der Waals surface area contributed by atoms with Crippen molar-refractivity contribution in [1.82, 2.24) is 10.6 Å². The number of piperazine rings is 1. The lowest BCUT2D eigenvalue weighted by Crippen LogP contribution is -2.43. The van der Waals surface area contributed by atoms with Crippen molar-refractivity contribution in [3.8, 4) is 0 Å². The maximum atomic E-state index is 12.5. The number of carbonyl (C=O) groups is 1. The molecule has 3 heterocycles. The van der Waals surface area contributed by atoms with Crippen LogP contribution in [0.1, 0.15) is 21.7 Å². The Balaban J connectivity index is 1.40. The molecule has 1 saturated heterocycles. The molecule has 4 rings (SSSR count). The highest BCUT2D eigenvalue weighted by Gasteiger charge is 2.15. The molecule has 1 aromatic carbocycles. The van der Waals surface area contributed by atoms with Gasteiger partial charge in [0.2, 0.25) is 0 Å². The fourth-order valence-electron chi connectivity index (χ4n) is 3.38. The molecule has 0 radical (unpaired) electrons. The molecular weight excluding hydrogens is 344 g/mol. The van der Waals surface area contributed by atoms with Crippen LogP contribution >= 0.6 is 11.3 Å². The molecule has 0 spiro atoms. The van der Waals surface area contributed by atoms with E-state index in [1.54, 1.807) is 0 Å². The summed E-state index contributed by atoms with van der Waals surface area (Å²) in [6.45, 7) is 5.93. The topological polar surface area (TPSA) is 56.4 Å². The molecule has 0 unspecified atom stereocenters. The van der Waals surface area contributed by atoms with Crippen molar-refractivity contribution in [3.05, 3.63) is 52.2 Å². The molecule has 2 aliphatic rings. The Hall–Kier alpha value is -2.15. The van der Waals surface area contributed by atoms with Gasteiger partial charge >= 0.3 is 0 Å². The number of hydrogen-bond donors (Lipinski definition) is 3. The van der Waals surface area contributed by atoms with Gasteiger partial charge in [-0.05, 0) is 42.3 Å². The fraction of sp³-hybridized carbons (Fsp3) is 0.350. The third-order valence-corrected chi connectivity index (χ3v) is 5.79. The number of rotatable bonds is 4. The minimum atomic E-state index is -0.0368. The van der Waals surface area contributed by atoms with Gasteiger partial charge in [0.15, 0.2) is 0 Å². The predicted molar refractivity (Wildman–Crippen MR) is 109 cm³/mol. The van der Waals surface area contributed by atoms with Gasteiger partial charge in [0.25, 0.3) is 5.91 Å². The van der Waals surface area contributed by atoms with E-state index in [0.717, 1.165) is 61.9 Å². The first kappa shape index (κ1) is 17.3. The second-order valence-corrected chi connectivity index (χ2v) is 7.53. The van der Waals surface area contributed by atoms with Gasteiger partial charge in [-0.2, -0.15) is 0 Å². The van der Waals surface area contributed by atoms with Gasteiger partial charge in [-0.3, -0.25) is 4.79 Å². The second-order valence-electron chi connectivity index (χ2n) is 6.62. The number of nitrogens with zero attached hydrogens (tertiary/aromatic N) is 1. The van der Waals surface area contributed by atoms with Crippen LogP contribution in [0.2, 0.25) is 0 Å². The van der Waals surface area contributed by atoms with E-state index >= 15 is 0 Å². The van der Waals surface area contributed by atoms with E-state index < -0.39 is 0 Å². The first-order valence-electron chi connectivity index (χ1n) is 9.15. The Morgan fingerprint density at radius 1 is 1.08 bits per heavy atom. The van der Waals surface area contributed by atoms with Gasteiger partial charge in [-0.25, -0.2) is 0 Å². The lowest BCUT2D eigenvalue weighted by Gasteiger charge is -2.28. The maximum absolute atomic E-state index is 12.5. The monoisotopic (exact) mass is 368 g/mol. The quantitative estimate of drug-likeness (QED) is 0.777. The molecule has 6 heteroatoms. The minimum absolute atomic E-state index is 0.0368. The van der Waals surface area contributed by atoms with Crippen molar-refractivity contribution >= 4 is 34.2 Å². The largest absolute Gasteiger partial charge is 0.368 e. The lowest BCUT2D eigenvalue weighted by atomic mass is 10.0. The van der Waals surface area contributed by atoms with E-state index in [1.165, 1.54) is 22.5 Å². The summed E-state index contributed by atoms with van der Waals surface area (Å²) in [6.07, 6.45) is 3.29. The number of hydrogen-bond acceptors (Lipinski definition) is 5. The summed E-state index contributed by atoms with van der Waals surface area (Å²) < 4.78 is 0. The number of nitrogens with one attached hydrogen (secondary N) is 3. The van der Waals surface area contributed by atoms with Gasteiger partial charge in [0.05, 0.1) is 4.88 Å². The number of benzene rings is 1.